The van der Waals surface area contributed by atoms with Crippen molar-refractivity contribution < 1.29 is 0 Å². The molecular formula is C12H12ClNS2. The number of hydrogen-bond donors (Lipinski definition) is 1. The number of thioether (sulfide) groups is 1. The van der Waals surface area contributed by atoms with E-state index in [1.54, 1.807) is 23.1 Å². The van der Waals surface area contributed by atoms with Crippen molar-refractivity contribution in [3.8, 4) is 0 Å². The van der Waals surface area contributed by atoms with E-state index in [-0.39, 0.29) is 0 Å². The van der Waals surface area contributed by atoms with Gasteiger partial charge in [-0.05, 0) is 46.7 Å². The highest BCUT2D eigenvalue weighted by Gasteiger charge is 2.11. The Morgan fingerprint density at radius 1 is 1.25 bits per heavy atom. The zero-order chi connectivity index (χ0) is 11.4. The van der Waals surface area contributed by atoms with Crippen molar-refractivity contribution >= 4 is 34.7 Å². The first-order valence-corrected chi connectivity index (χ1v) is 7.14. The van der Waals surface area contributed by atoms with Gasteiger partial charge in [0.25, 0.3) is 0 Å². The molecular weight excluding hydrogens is 258 g/mol. The summed E-state index contributed by atoms with van der Waals surface area (Å²) in [6.07, 6.45) is 0. The summed E-state index contributed by atoms with van der Waals surface area (Å²) >= 11 is 9.33. The third kappa shape index (κ3) is 3.01. The molecule has 1 aromatic heterocycles. The minimum atomic E-state index is 0.326. The average molecular weight is 270 g/mol. The zero-order valence-corrected chi connectivity index (χ0v) is 11.0. The van der Waals surface area contributed by atoms with E-state index in [1.807, 2.05) is 24.3 Å². The van der Waals surface area contributed by atoms with Crippen LogP contribution in [0.1, 0.15) is 10.8 Å². The first kappa shape index (κ1) is 12.0. The fourth-order valence-electron chi connectivity index (χ4n) is 1.39. The molecule has 0 radical (unpaired) electrons. The molecule has 0 aliphatic rings. The standard InChI is InChI=1S/C12H12ClNS2/c13-10-1-3-11(4-2-10)16-12(7-14)9-5-6-15-8-9/h1-6,8,12H,7,14H2. The second-order valence-corrected chi connectivity index (χ2v) is 5.85. The highest BCUT2D eigenvalue weighted by molar-refractivity contribution is 7.99. The average Bonchev–Trinajstić information content (AvgIpc) is 2.82. The molecule has 0 fully saturated rings. The lowest BCUT2D eigenvalue weighted by molar-refractivity contribution is 0.946. The van der Waals surface area contributed by atoms with Gasteiger partial charge in [-0.2, -0.15) is 11.3 Å². The predicted molar refractivity (Wildman–Crippen MR) is 73.4 cm³/mol. The number of hydrogen-bond acceptors (Lipinski definition) is 3. The van der Waals surface area contributed by atoms with Gasteiger partial charge in [0.15, 0.2) is 0 Å². The molecule has 4 heteroatoms. The third-order valence-electron chi connectivity index (χ3n) is 2.22. The summed E-state index contributed by atoms with van der Waals surface area (Å²) < 4.78 is 0. The summed E-state index contributed by atoms with van der Waals surface area (Å²) in [4.78, 5) is 1.20. The van der Waals surface area contributed by atoms with Crippen LogP contribution in [0.5, 0.6) is 0 Å². The Morgan fingerprint density at radius 3 is 2.56 bits per heavy atom. The van der Waals surface area contributed by atoms with Crippen molar-refractivity contribution in [2.45, 2.75) is 10.1 Å². The Labute approximate surface area is 109 Å². The molecule has 0 amide bonds. The van der Waals surface area contributed by atoms with Crippen LogP contribution in [0.2, 0.25) is 5.02 Å². The Morgan fingerprint density at radius 2 is 2.00 bits per heavy atom. The highest BCUT2D eigenvalue weighted by atomic mass is 35.5. The molecule has 1 aromatic carbocycles. The van der Waals surface area contributed by atoms with Crippen molar-refractivity contribution in [2.75, 3.05) is 6.54 Å². The topological polar surface area (TPSA) is 26.0 Å². The van der Waals surface area contributed by atoms with E-state index in [0.29, 0.717) is 11.8 Å². The number of thiophene rings is 1. The van der Waals surface area contributed by atoms with Crippen molar-refractivity contribution in [3.05, 3.63) is 51.7 Å². The minimum Gasteiger partial charge on any atom is -0.329 e. The predicted octanol–water partition coefficient (Wildman–Crippen LogP) is 4.19. The van der Waals surface area contributed by atoms with Gasteiger partial charge in [0, 0.05) is 21.7 Å². The summed E-state index contributed by atoms with van der Waals surface area (Å²) in [5.41, 5.74) is 7.10. The molecule has 16 heavy (non-hydrogen) atoms. The van der Waals surface area contributed by atoms with Crippen LogP contribution in [0, 0.1) is 0 Å². The Bertz CT molecular complexity index is 425. The molecule has 2 rings (SSSR count). The lowest BCUT2D eigenvalue weighted by Crippen LogP contribution is -2.08. The summed E-state index contributed by atoms with van der Waals surface area (Å²) in [5.74, 6) is 0. The molecule has 0 saturated heterocycles. The fourth-order valence-corrected chi connectivity index (χ4v) is 3.31. The van der Waals surface area contributed by atoms with E-state index in [2.05, 4.69) is 16.8 Å². The summed E-state index contributed by atoms with van der Waals surface area (Å²) in [6, 6.07) is 10.0. The van der Waals surface area contributed by atoms with Crippen molar-refractivity contribution in [2.24, 2.45) is 5.73 Å². The lowest BCUT2D eigenvalue weighted by atomic mass is 10.2. The molecule has 1 unspecified atom stereocenters. The Balaban J connectivity index is 2.10. The van der Waals surface area contributed by atoms with Crippen LogP contribution in [-0.2, 0) is 0 Å². The van der Waals surface area contributed by atoms with Gasteiger partial charge in [0.2, 0.25) is 0 Å². The third-order valence-corrected chi connectivity index (χ3v) is 4.47. The molecule has 0 bridgehead atoms. The highest BCUT2D eigenvalue weighted by Crippen LogP contribution is 2.35. The van der Waals surface area contributed by atoms with Crippen LogP contribution in [0.25, 0.3) is 0 Å². The fraction of sp³-hybridized carbons (Fsp3) is 0.167. The van der Waals surface area contributed by atoms with Gasteiger partial charge in [-0.15, -0.1) is 11.8 Å². The molecule has 0 saturated carbocycles. The maximum absolute atomic E-state index is 5.85. The molecule has 1 heterocycles. The summed E-state index contributed by atoms with van der Waals surface area (Å²) in [7, 11) is 0. The summed E-state index contributed by atoms with van der Waals surface area (Å²) in [5, 5.41) is 5.33. The van der Waals surface area contributed by atoms with Gasteiger partial charge < -0.3 is 5.73 Å². The maximum atomic E-state index is 5.85. The van der Waals surface area contributed by atoms with Crippen LogP contribution < -0.4 is 5.73 Å². The van der Waals surface area contributed by atoms with E-state index in [1.165, 1.54) is 10.5 Å². The van der Waals surface area contributed by atoms with Crippen molar-refractivity contribution in [1.82, 2.24) is 0 Å². The van der Waals surface area contributed by atoms with Crippen LogP contribution in [-0.4, -0.2) is 6.54 Å². The second kappa shape index (κ2) is 5.73. The zero-order valence-electron chi connectivity index (χ0n) is 8.60. The number of nitrogens with two attached hydrogens (primary N) is 1. The Hall–Kier alpha value is -0.480. The molecule has 0 aliphatic heterocycles. The monoisotopic (exact) mass is 269 g/mol. The molecule has 2 N–H and O–H groups in total. The van der Waals surface area contributed by atoms with Crippen molar-refractivity contribution in [3.63, 3.8) is 0 Å². The molecule has 0 aliphatic carbocycles. The number of halogens is 1. The van der Waals surface area contributed by atoms with Crippen LogP contribution in [0.3, 0.4) is 0 Å². The van der Waals surface area contributed by atoms with Crippen molar-refractivity contribution in [1.29, 1.82) is 0 Å². The molecule has 1 nitrogen and oxygen atoms in total. The van der Waals surface area contributed by atoms with Crippen LogP contribution >= 0.6 is 34.7 Å². The SMILES string of the molecule is NCC(Sc1ccc(Cl)cc1)c1ccsc1. The van der Waals surface area contributed by atoms with Gasteiger partial charge in [-0.1, -0.05) is 11.6 Å². The van der Waals surface area contributed by atoms with Gasteiger partial charge in [0.1, 0.15) is 0 Å². The molecule has 0 spiro atoms. The minimum absolute atomic E-state index is 0.326. The molecule has 1 atom stereocenters. The van der Waals surface area contributed by atoms with E-state index >= 15 is 0 Å². The molecule has 84 valence electrons. The van der Waals surface area contributed by atoms with Gasteiger partial charge in [-0.25, -0.2) is 0 Å². The van der Waals surface area contributed by atoms with Crippen LogP contribution in [0.4, 0.5) is 0 Å². The quantitative estimate of drug-likeness (QED) is 0.842. The molecule has 2 aromatic rings. The van der Waals surface area contributed by atoms with Gasteiger partial charge in [0.05, 0.1) is 0 Å². The number of benzene rings is 1. The Kier molecular flexibility index (Phi) is 4.29. The van der Waals surface area contributed by atoms with Gasteiger partial charge >= 0.3 is 0 Å². The van der Waals surface area contributed by atoms with Gasteiger partial charge in [-0.3, -0.25) is 0 Å². The number of rotatable bonds is 4. The normalized spacial score (nSPS) is 12.6. The smallest absolute Gasteiger partial charge is 0.0475 e. The van der Waals surface area contributed by atoms with E-state index in [9.17, 15) is 0 Å². The van der Waals surface area contributed by atoms with Crippen LogP contribution in [0.15, 0.2) is 46.0 Å². The van der Waals surface area contributed by atoms with E-state index in [4.69, 9.17) is 17.3 Å². The largest absolute Gasteiger partial charge is 0.329 e. The first-order valence-electron chi connectivity index (χ1n) is 4.94. The van der Waals surface area contributed by atoms with E-state index < -0.39 is 0 Å². The maximum Gasteiger partial charge on any atom is 0.0475 e. The lowest BCUT2D eigenvalue weighted by Gasteiger charge is -2.12. The second-order valence-electron chi connectivity index (χ2n) is 3.35. The first-order chi connectivity index (χ1) is 7.79. The van der Waals surface area contributed by atoms with E-state index in [0.717, 1.165) is 5.02 Å². The summed E-state index contributed by atoms with van der Waals surface area (Å²) in [6.45, 7) is 0.643.